The van der Waals surface area contributed by atoms with Crippen LogP contribution in [0.15, 0.2) is 18.2 Å². The largest absolute Gasteiger partial charge is 0.497 e. The van der Waals surface area contributed by atoms with Gasteiger partial charge in [0.25, 0.3) is 0 Å². The molecule has 1 aliphatic heterocycles. The summed E-state index contributed by atoms with van der Waals surface area (Å²) < 4.78 is 5.07. The van der Waals surface area contributed by atoms with Gasteiger partial charge < -0.3 is 14.7 Å². The lowest BCUT2D eigenvalue weighted by molar-refractivity contribution is 0.0696. The van der Waals surface area contributed by atoms with Crippen molar-refractivity contribution in [3.63, 3.8) is 0 Å². The molecule has 1 N–H and O–H groups in total. The van der Waals surface area contributed by atoms with Gasteiger partial charge in [0.2, 0.25) is 0 Å². The Morgan fingerprint density at radius 2 is 2.11 bits per heavy atom. The zero-order valence-electron chi connectivity index (χ0n) is 11.0. The van der Waals surface area contributed by atoms with Crippen molar-refractivity contribution in [1.29, 1.82) is 0 Å². The molecule has 2 rings (SSSR count). The quantitative estimate of drug-likeness (QED) is 0.890. The lowest BCUT2D eigenvalue weighted by Gasteiger charge is -2.43. The third-order valence-corrected chi connectivity index (χ3v) is 3.63. The van der Waals surface area contributed by atoms with Crippen LogP contribution in [-0.2, 0) is 0 Å². The molecule has 18 heavy (non-hydrogen) atoms. The minimum Gasteiger partial charge on any atom is -0.497 e. The highest BCUT2D eigenvalue weighted by molar-refractivity contribution is 5.95. The number of ether oxygens (including phenoxy) is 1. The molecular formula is C14H19NO3. The SMILES string of the molecule is COc1ccc(N2CC(C(C)C)C2)c(C(=O)O)c1. The Morgan fingerprint density at radius 3 is 2.61 bits per heavy atom. The third kappa shape index (κ3) is 2.28. The normalized spacial score (nSPS) is 15.7. The van der Waals surface area contributed by atoms with Crippen LogP contribution in [0.4, 0.5) is 5.69 Å². The number of benzene rings is 1. The van der Waals surface area contributed by atoms with Crippen molar-refractivity contribution in [1.82, 2.24) is 0 Å². The molecule has 1 saturated heterocycles. The molecule has 0 amide bonds. The first-order valence-corrected chi connectivity index (χ1v) is 6.19. The van der Waals surface area contributed by atoms with Crippen molar-refractivity contribution in [2.24, 2.45) is 11.8 Å². The van der Waals surface area contributed by atoms with Gasteiger partial charge in [-0.15, -0.1) is 0 Å². The summed E-state index contributed by atoms with van der Waals surface area (Å²) in [7, 11) is 1.54. The van der Waals surface area contributed by atoms with E-state index in [2.05, 4.69) is 18.7 Å². The van der Waals surface area contributed by atoms with Gasteiger partial charge in [0, 0.05) is 13.1 Å². The van der Waals surface area contributed by atoms with E-state index >= 15 is 0 Å². The van der Waals surface area contributed by atoms with E-state index in [1.54, 1.807) is 13.2 Å². The predicted molar refractivity (Wildman–Crippen MR) is 70.5 cm³/mol. The number of anilines is 1. The maximum atomic E-state index is 11.3. The molecule has 4 heteroatoms. The summed E-state index contributed by atoms with van der Waals surface area (Å²) in [4.78, 5) is 13.4. The van der Waals surface area contributed by atoms with Gasteiger partial charge in [0.05, 0.1) is 18.4 Å². The smallest absolute Gasteiger partial charge is 0.337 e. The molecule has 0 spiro atoms. The second kappa shape index (κ2) is 4.88. The van der Waals surface area contributed by atoms with Crippen LogP contribution in [0, 0.1) is 11.8 Å². The van der Waals surface area contributed by atoms with E-state index in [-0.39, 0.29) is 0 Å². The van der Waals surface area contributed by atoms with Crippen LogP contribution in [0.3, 0.4) is 0 Å². The van der Waals surface area contributed by atoms with Gasteiger partial charge in [-0.05, 0) is 30.0 Å². The molecule has 0 aromatic heterocycles. The molecule has 0 atom stereocenters. The van der Waals surface area contributed by atoms with Gasteiger partial charge in [-0.25, -0.2) is 4.79 Å². The van der Waals surface area contributed by atoms with E-state index in [1.165, 1.54) is 0 Å². The summed E-state index contributed by atoms with van der Waals surface area (Å²) in [5.74, 6) is 0.982. The standard InChI is InChI=1S/C14H19NO3/c1-9(2)10-7-15(8-10)13-5-4-11(18-3)6-12(13)14(16)17/h4-6,9-10H,7-8H2,1-3H3,(H,16,17). The molecule has 0 radical (unpaired) electrons. The van der Waals surface area contributed by atoms with Crippen LogP contribution in [0.2, 0.25) is 0 Å². The van der Waals surface area contributed by atoms with Crippen molar-refractivity contribution < 1.29 is 14.6 Å². The number of rotatable bonds is 4. The molecule has 0 bridgehead atoms. The van der Waals surface area contributed by atoms with Crippen molar-refractivity contribution in [2.75, 3.05) is 25.1 Å². The first kappa shape index (κ1) is 12.7. The van der Waals surface area contributed by atoms with E-state index in [9.17, 15) is 9.90 Å². The summed E-state index contributed by atoms with van der Waals surface area (Å²) in [6.45, 7) is 6.27. The maximum Gasteiger partial charge on any atom is 0.337 e. The van der Waals surface area contributed by atoms with Gasteiger partial charge in [-0.3, -0.25) is 0 Å². The fourth-order valence-corrected chi connectivity index (χ4v) is 2.22. The minimum absolute atomic E-state index is 0.316. The Labute approximate surface area is 107 Å². The van der Waals surface area contributed by atoms with E-state index in [0.29, 0.717) is 23.1 Å². The molecule has 4 nitrogen and oxygen atoms in total. The average molecular weight is 249 g/mol. The van der Waals surface area contributed by atoms with Gasteiger partial charge in [0.1, 0.15) is 5.75 Å². The molecule has 0 saturated carbocycles. The van der Waals surface area contributed by atoms with E-state index in [0.717, 1.165) is 18.8 Å². The zero-order chi connectivity index (χ0) is 13.3. The van der Waals surface area contributed by atoms with E-state index in [4.69, 9.17) is 4.74 Å². The molecule has 0 aliphatic carbocycles. The Bertz CT molecular complexity index is 450. The molecular weight excluding hydrogens is 230 g/mol. The van der Waals surface area contributed by atoms with Crippen LogP contribution in [0.1, 0.15) is 24.2 Å². The predicted octanol–water partition coefficient (Wildman–Crippen LogP) is 2.49. The first-order valence-electron chi connectivity index (χ1n) is 6.19. The second-order valence-corrected chi connectivity index (χ2v) is 5.10. The lowest BCUT2D eigenvalue weighted by Crippen LogP contribution is -2.49. The number of aromatic carboxylic acids is 1. The first-order chi connectivity index (χ1) is 8.52. The number of methoxy groups -OCH3 is 1. The minimum atomic E-state index is -0.906. The number of carbonyl (C=O) groups is 1. The van der Waals surface area contributed by atoms with Crippen molar-refractivity contribution in [3.8, 4) is 5.75 Å². The van der Waals surface area contributed by atoms with Gasteiger partial charge in [-0.1, -0.05) is 13.8 Å². The topological polar surface area (TPSA) is 49.8 Å². The number of carboxylic acids is 1. The molecule has 1 aromatic carbocycles. The molecule has 1 aliphatic rings. The molecule has 1 heterocycles. The van der Waals surface area contributed by atoms with Crippen LogP contribution in [0.5, 0.6) is 5.75 Å². The van der Waals surface area contributed by atoms with Crippen LogP contribution in [-0.4, -0.2) is 31.3 Å². The highest BCUT2D eigenvalue weighted by Gasteiger charge is 2.31. The Balaban J connectivity index is 2.21. The number of carboxylic acid groups (broad SMARTS) is 1. The van der Waals surface area contributed by atoms with Crippen molar-refractivity contribution >= 4 is 11.7 Å². The number of hydrogen-bond acceptors (Lipinski definition) is 3. The summed E-state index contributed by atoms with van der Waals surface area (Å²) in [5, 5.41) is 9.25. The zero-order valence-corrected chi connectivity index (χ0v) is 11.0. The van der Waals surface area contributed by atoms with E-state index in [1.807, 2.05) is 12.1 Å². The van der Waals surface area contributed by atoms with Gasteiger partial charge in [0.15, 0.2) is 0 Å². The molecule has 1 aromatic rings. The fourth-order valence-electron chi connectivity index (χ4n) is 2.22. The van der Waals surface area contributed by atoms with Crippen LogP contribution in [0.25, 0.3) is 0 Å². The molecule has 0 unspecified atom stereocenters. The van der Waals surface area contributed by atoms with Crippen LogP contribution >= 0.6 is 0 Å². The Kier molecular flexibility index (Phi) is 3.45. The Hall–Kier alpha value is -1.71. The molecule has 98 valence electrons. The fraction of sp³-hybridized carbons (Fsp3) is 0.500. The highest BCUT2D eigenvalue weighted by atomic mass is 16.5. The Morgan fingerprint density at radius 1 is 1.44 bits per heavy atom. The van der Waals surface area contributed by atoms with Crippen molar-refractivity contribution in [2.45, 2.75) is 13.8 Å². The molecule has 1 fully saturated rings. The summed E-state index contributed by atoms with van der Waals surface area (Å²) in [6.07, 6.45) is 0. The third-order valence-electron chi connectivity index (χ3n) is 3.63. The monoisotopic (exact) mass is 249 g/mol. The lowest BCUT2D eigenvalue weighted by atomic mass is 9.87. The van der Waals surface area contributed by atoms with Crippen LogP contribution < -0.4 is 9.64 Å². The number of hydrogen-bond donors (Lipinski definition) is 1. The van der Waals surface area contributed by atoms with Gasteiger partial charge in [-0.2, -0.15) is 0 Å². The second-order valence-electron chi connectivity index (χ2n) is 5.10. The summed E-state index contributed by atoms with van der Waals surface area (Å²) in [5.41, 5.74) is 1.11. The summed E-state index contributed by atoms with van der Waals surface area (Å²) in [6, 6.07) is 5.23. The van der Waals surface area contributed by atoms with Crippen molar-refractivity contribution in [3.05, 3.63) is 23.8 Å². The number of nitrogens with zero attached hydrogens (tertiary/aromatic N) is 1. The highest BCUT2D eigenvalue weighted by Crippen LogP contribution is 2.33. The summed E-state index contributed by atoms with van der Waals surface area (Å²) >= 11 is 0. The van der Waals surface area contributed by atoms with Gasteiger partial charge >= 0.3 is 5.97 Å². The van der Waals surface area contributed by atoms with E-state index < -0.39 is 5.97 Å². The maximum absolute atomic E-state index is 11.3. The average Bonchev–Trinajstić information content (AvgIpc) is 2.26.